The standard InChI is InChI=1S/C14H11O3/c15-12-8-11(9-13(16)14(12)17)7-6-10-4-2-1-3-5-10/h1-8,15-17H/b7-6+. The van der Waals surface area contributed by atoms with Crippen LogP contribution in [-0.4, -0.2) is 15.3 Å². The highest BCUT2D eigenvalue weighted by Gasteiger charge is 2.06. The summed E-state index contributed by atoms with van der Waals surface area (Å²) in [5, 5.41) is 27.8. The van der Waals surface area contributed by atoms with Gasteiger partial charge in [-0.3, -0.25) is 0 Å². The van der Waals surface area contributed by atoms with Crippen molar-refractivity contribution in [3.8, 4) is 17.2 Å². The molecule has 1 radical (unpaired) electrons. The van der Waals surface area contributed by atoms with Crippen LogP contribution in [0.1, 0.15) is 11.1 Å². The average Bonchev–Trinajstić information content (AvgIpc) is 2.34. The Morgan fingerprint density at radius 3 is 2.29 bits per heavy atom. The Morgan fingerprint density at radius 1 is 0.941 bits per heavy atom. The van der Waals surface area contributed by atoms with Crippen molar-refractivity contribution in [3.63, 3.8) is 0 Å². The molecule has 85 valence electrons. The Hall–Kier alpha value is -2.42. The zero-order chi connectivity index (χ0) is 12.3. The lowest BCUT2D eigenvalue weighted by Gasteiger charge is -2.01. The molecule has 0 saturated carbocycles. The second kappa shape index (κ2) is 4.61. The van der Waals surface area contributed by atoms with Crippen molar-refractivity contribution in [1.29, 1.82) is 0 Å². The molecule has 3 nitrogen and oxygen atoms in total. The number of aromatic hydroxyl groups is 3. The van der Waals surface area contributed by atoms with Gasteiger partial charge >= 0.3 is 0 Å². The number of hydrogen-bond acceptors (Lipinski definition) is 3. The van der Waals surface area contributed by atoms with E-state index >= 15 is 0 Å². The summed E-state index contributed by atoms with van der Waals surface area (Å²) < 4.78 is 0. The summed E-state index contributed by atoms with van der Waals surface area (Å²) >= 11 is 0. The largest absolute Gasteiger partial charge is 0.504 e. The Bertz CT molecular complexity index is 522. The van der Waals surface area contributed by atoms with Crippen molar-refractivity contribution in [2.75, 3.05) is 0 Å². The first-order chi connectivity index (χ1) is 8.16. The van der Waals surface area contributed by atoms with E-state index in [9.17, 15) is 10.2 Å². The van der Waals surface area contributed by atoms with Gasteiger partial charge in [-0.1, -0.05) is 42.5 Å². The van der Waals surface area contributed by atoms with Gasteiger partial charge in [0.1, 0.15) is 0 Å². The lowest BCUT2D eigenvalue weighted by atomic mass is 10.1. The third kappa shape index (κ3) is 2.58. The molecule has 0 bridgehead atoms. The fourth-order valence-corrected chi connectivity index (χ4v) is 1.41. The van der Waals surface area contributed by atoms with E-state index in [0.29, 0.717) is 5.56 Å². The minimum absolute atomic E-state index is 0.367. The van der Waals surface area contributed by atoms with Crippen LogP contribution in [-0.2, 0) is 0 Å². The molecule has 0 heterocycles. The van der Waals surface area contributed by atoms with Crippen molar-refractivity contribution in [3.05, 3.63) is 53.6 Å². The van der Waals surface area contributed by atoms with Crippen LogP contribution in [0.25, 0.3) is 12.2 Å². The summed E-state index contributed by atoms with van der Waals surface area (Å²) in [7, 11) is 0. The molecule has 3 heteroatoms. The summed E-state index contributed by atoms with van der Waals surface area (Å²) in [4.78, 5) is 0. The van der Waals surface area contributed by atoms with Crippen molar-refractivity contribution in [2.24, 2.45) is 0 Å². The van der Waals surface area contributed by atoms with E-state index in [1.165, 1.54) is 6.07 Å². The Morgan fingerprint density at radius 2 is 1.65 bits per heavy atom. The average molecular weight is 227 g/mol. The van der Waals surface area contributed by atoms with Crippen LogP contribution in [0.15, 0.2) is 36.4 Å². The molecule has 17 heavy (non-hydrogen) atoms. The van der Waals surface area contributed by atoms with Gasteiger partial charge in [0.25, 0.3) is 0 Å². The maximum Gasteiger partial charge on any atom is 0.200 e. The SMILES string of the molecule is Oc1[c]c(/C=C/c2ccccc2)cc(O)c1O. The molecule has 0 aliphatic rings. The minimum atomic E-state index is -0.554. The van der Waals surface area contributed by atoms with E-state index in [1.807, 2.05) is 36.4 Å². The third-order valence-electron chi connectivity index (χ3n) is 2.28. The first kappa shape index (κ1) is 11.1. The summed E-state index contributed by atoms with van der Waals surface area (Å²) in [5.74, 6) is -1.38. The van der Waals surface area contributed by atoms with Crippen LogP contribution in [0, 0.1) is 6.07 Å². The molecule has 2 aromatic carbocycles. The van der Waals surface area contributed by atoms with E-state index in [2.05, 4.69) is 6.07 Å². The first-order valence-electron chi connectivity index (χ1n) is 5.07. The summed E-state index contributed by atoms with van der Waals surface area (Å²) in [5.41, 5.74) is 1.48. The molecule has 0 saturated heterocycles. The summed E-state index contributed by atoms with van der Waals surface area (Å²) in [6, 6.07) is 13.5. The van der Waals surface area contributed by atoms with Gasteiger partial charge in [0, 0.05) is 6.07 Å². The van der Waals surface area contributed by atoms with Crippen molar-refractivity contribution in [1.82, 2.24) is 0 Å². The van der Waals surface area contributed by atoms with E-state index in [-0.39, 0.29) is 5.75 Å². The predicted molar refractivity (Wildman–Crippen MR) is 65.6 cm³/mol. The summed E-state index contributed by atoms with van der Waals surface area (Å²) in [6.45, 7) is 0. The molecule has 0 atom stereocenters. The number of phenolic OH excluding ortho intramolecular Hbond substituents is 3. The smallest absolute Gasteiger partial charge is 0.200 e. The molecule has 3 N–H and O–H groups in total. The molecular weight excluding hydrogens is 216 g/mol. The van der Waals surface area contributed by atoms with Gasteiger partial charge in [0.05, 0.1) is 0 Å². The second-order valence-corrected chi connectivity index (χ2v) is 3.55. The lowest BCUT2D eigenvalue weighted by Crippen LogP contribution is -1.77. The Balaban J connectivity index is 2.28. The van der Waals surface area contributed by atoms with Crippen LogP contribution < -0.4 is 0 Å². The van der Waals surface area contributed by atoms with Crippen LogP contribution in [0.5, 0.6) is 17.2 Å². The maximum atomic E-state index is 9.31. The fourth-order valence-electron chi connectivity index (χ4n) is 1.41. The van der Waals surface area contributed by atoms with Gasteiger partial charge in [0.2, 0.25) is 5.75 Å². The van der Waals surface area contributed by atoms with Crippen LogP contribution in [0.3, 0.4) is 0 Å². The molecule has 0 aliphatic carbocycles. The number of rotatable bonds is 2. The van der Waals surface area contributed by atoms with Crippen LogP contribution in [0.4, 0.5) is 0 Å². The predicted octanol–water partition coefficient (Wildman–Crippen LogP) is 2.77. The second-order valence-electron chi connectivity index (χ2n) is 3.55. The quantitative estimate of drug-likeness (QED) is 0.546. The molecule has 0 aromatic heterocycles. The Kier molecular flexibility index (Phi) is 3.01. The zero-order valence-electron chi connectivity index (χ0n) is 8.96. The van der Waals surface area contributed by atoms with E-state index in [4.69, 9.17) is 5.11 Å². The molecule has 2 aromatic rings. The third-order valence-corrected chi connectivity index (χ3v) is 2.28. The molecule has 0 aliphatic heterocycles. The van der Waals surface area contributed by atoms with E-state index < -0.39 is 11.5 Å². The summed E-state index contributed by atoms with van der Waals surface area (Å²) in [6.07, 6.45) is 3.51. The van der Waals surface area contributed by atoms with Gasteiger partial charge < -0.3 is 15.3 Å². The Labute approximate surface area is 98.9 Å². The number of hydrogen-bond donors (Lipinski definition) is 3. The highest BCUT2D eigenvalue weighted by molar-refractivity contribution is 5.71. The number of benzene rings is 2. The normalized spacial score (nSPS) is 10.8. The minimum Gasteiger partial charge on any atom is -0.504 e. The van der Waals surface area contributed by atoms with Gasteiger partial charge in [-0.2, -0.15) is 0 Å². The maximum absolute atomic E-state index is 9.31. The first-order valence-corrected chi connectivity index (χ1v) is 5.07. The van der Waals surface area contributed by atoms with Gasteiger partial charge in [0.15, 0.2) is 11.5 Å². The van der Waals surface area contributed by atoms with Crippen LogP contribution >= 0.6 is 0 Å². The topological polar surface area (TPSA) is 60.7 Å². The van der Waals surface area contributed by atoms with Crippen molar-refractivity contribution in [2.45, 2.75) is 0 Å². The molecule has 0 spiro atoms. The molecular formula is C14H11O3. The van der Waals surface area contributed by atoms with Crippen LogP contribution in [0.2, 0.25) is 0 Å². The van der Waals surface area contributed by atoms with Gasteiger partial charge in [-0.15, -0.1) is 0 Å². The number of phenols is 3. The highest BCUT2D eigenvalue weighted by Crippen LogP contribution is 2.35. The molecule has 0 fully saturated rings. The fraction of sp³-hybridized carbons (Fsp3) is 0. The van der Waals surface area contributed by atoms with E-state index in [0.717, 1.165) is 5.56 Å². The zero-order valence-corrected chi connectivity index (χ0v) is 8.96. The monoisotopic (exact) mass is 227 g/mol. The highest BCUT2D eigenvalue weighted by atomic mass is 16.3. The van der Waals surface area contributed by atoms with E-state index in [1.54, 1.807) is 6.08 Å². The van der Waals surface area contributed by atoms with Crippen molar-refractivity contribution < 1.29 is 15.3 Å². The van der Waals surface area contributed by atoms with Crippen molar-refractivity contribution >= 4 is 12.2 Å². The molecule has 0 amide bonds. The van der Waals surface area contributed by atoms with Gasteiger partial charge in [-0.25, -0.2) is 0 Å². The molecule has 2 rings (SSSR count). The lowest BCUT2D eigenvalue weighted by molar-refractivity contribution is 0.367. The molecule has 0 unspecified atom stereocenters. The van der Waals surface area contributed by atoms with Gasteiger partial charge in [-0.05, 0) is 17.2 Å².